The molecule has 90 valence electrons. The van der Waals surface area contributed by atoms with E-state index in [0.29, 0.717) is 22.7 Å². The first-order valence-corrected chi connectivity index (χ1v) is 4.74. The first-order valence-electron chi connectivity index (χ1n) is 4.74. The molecule has 1 rings (SSSR count). The van der Waals surface area contributed by atoms with Crippen LogP contribution in [0.2, 0.25) is 0 Å². The molecule has 0 saturated heterocycles. The van der Waals surface area contributed by atoms with Gasteiger partial charge >= 0.3 is 0 Å². The van der Waals surface area contributed by atoms with Crippen LogP contribution in [0.4, 0.5) is 5.69 Å². The zero-order valence-electron chi connectivity index (χ0n) is 9.94. The lowest BCUT2D eigenvalue weighted by Gasteiger charge is -2.19. The van der Waals surface area contributed by atoms with Gasteiger partial charge in [-0.1, -0.05) is 0 Å². The molecule has 0 heterocycles. The lowest BCUT2D eigenvalue weighted by atomic mass is 10.1. The van der Waals surface area contributed by atoms with Crippen molar-refractivity contribution < 1.29 is 18.9 Å². The molecule has 1 aromatic carbocycles. The van der Waals surface area contributed by atoms with E-state index in [1.807, 2.05) is 0 Å². The van der Waals surface area contributed by atoms with Crippen LogP contribution in [0.15, 0.2) is 12.1 Å². The average molecular weight is 227 g/mol. The molecule has 2 N–H and O–H groups in total. The molecule has 5 heteroatoms. The fourth-order valence-corrected chi connectivity index (χ4v) is 1.49. The molecule has 0 fully saturated rings. The summed E-state index contributed by atoms with van der Waals surface area (Å²) in [4.78, 5) is 0. The van der Waals surface area contributed by atoms with Gasteiger partial charge < -0.3 is 24.7 Å². The minimum atomic E-state index is -0.555. The number of rotatable bonds is 5. The number of hydrogen-bond acceptors (Lipinski definition) is 5. The number of ether oxygens (including phenoxy) is 4. The maximum absolute atomic E-state index is 5.91. The third kappa shape index (κ3) is 2.37. The SMILES string of the molecule is COc1cc(N)c(C(OC)OC)c(OC)c1. The molecular formula is C11H17NO4. The van der Waals surface area contributed by atoms with Gasteiger partial charge in [-0.15, -0.1) is 0 Å². The Bertz CT molecular complexity index is 350. The molecule has 0 aliphatic heterocycles. The third-order valence-electron chi connectivity index (χ3n) is 2.27. The number of anilines is 1. The van der Waals surface area contributed by atoms with Crippen molar-refractivity contribution >= 4 is 5.69 Å². The molecule has 5 nitrogen and oxygen atoms in total. The summed E-state index contributed by atoms with van der Waals surface area (Å²) in [5.41, 5.74) is 7.07. The van der Waals surface area contributed by atoms with Crippen molar-refractivity contribution in [2.45, 2.75) is 6.29 Å². The molecule has 16 heavy (non-hydrogen) atoms. The van der Waals surface area contributed by atoms with Gasteiger partial charge in [0.15, 0.2) is 6.29 Å². The Morgan fingerprint density at radius 1 is 1.00 bits per heavy atom. The van der Waals surface area contributed by atoms with E-state index < -0.39 is 6.29 Å². The quantitative estimate of drug-likeness (QED) is 0.611. The monoisotopic (exact) mass is 227 g/mol. The highest BCUT2D eigenvalue weighted by atomic mass is 16.7. The van der Waals surface area contributed by atoms with E-state index in [9.17, 15) is 0 Å². The van der Waals surface area contributed by atoms with Crippen LogP contribution in [0.3, 0.4) is 0 Å². The fourth-order valence-electron chi connectivity index (χ4n) is 1.49. The molecule has 0 spiro atoms. The summed E-state index contributed by atoms with van der Waals surface area (Å²) in [6.45, 7) is 0. The molecule has 0 aliphatic carbocycles. The highest BCUT2D eigenvalue weighted by Crippen LogP contribution is 2.36. The van der Waals surface area contributed by atoms with E-state index in [1.165, 1.54) is 14.2 Å². The summed E-state index contributed by atoms with van der Waals surface area (Å²) >= 11 is 0. The highest BCUT2D eigenvalue weighted by molar-refractivity contribution is 5.59. The van der Waals surface area contributed by atoms with E-state index in [-0.39, 0.29) is 0 Å². The number of nitrogens with two attached hydrogens (primary N) is 1. The van der Waals surface area contributed by atoms with E-state index in [4.69, 9.17) is 24.7 Å². The Morgan fingerprint density at radius 3 is 2.06 bits per heavy atom. The van der Waals surface area contributed by atoms with Crippen molar-refractivity contribution in [2.24, 2.45) is 0 Å². The highest BCUT2D eigenvalue weighted by Gasteiger charge is 2.19. The van der Waals surface area contributed by atoms with Crippen LogP contribution in [-0.4, -0.2) is 28.4 Å². The molecule has 0 aliphatic rings. The second-order valence-corrected chi connectivity index (χ2v) is 3.14. The van der Waals surface area contributed by atoms with Crippen LogP contribution in [0.25, 0.3) is 0 Å². The molecule has 0 aromatic heterocycles. The van der Waals surface area contributed by atoms with Crippen LogP contribution in [-0.2, 0) is 9.47 Å². The molecule has 0 atom stereocenters. The summed E-state index contributed by atoms with van der Waals surface area (Å²) < 4.78 is 20.6. The Kier molecular flexibility index (Phi) is 4.39. The van der Waals surface area contributed by atoms with E-state index in [1.54, 1.807) is 26.4 Å². The van der Waals surface area contributed by atoms with Crippen LogP contribution in [0, 0.1) is 0 Å². The smallest absolute Gasteiger partial charge is 0.188 e. The van der Waals surface area contributed by atoms with Gasteiger partial charge in [-0.2, -0.15) is 0 Å². The summed E-state index contributed by atoms with van der Waals surface area (Å²) in [6.07, 6.45) is -0.555. The van der Waals surface area contributed by atoms with Gasteiger partial charge in [-0.3, -0.25) is 0 Å². The van der Waals surface area contributed by atoms with Crippen LogP contribution in [0.5, 0.6) is 11.5 Å². The first-order chi connectivity index (χ1) is 7.67. The van der Waals surface area contributed by atoms with Gasteiger partial charge in [0, 0.05) is 32.0 Å². The molecule has 0 saturated carbocycles. The largest absolute Gasteiger partial charge is 0.497 e. The Balaban J connectivity index is 3.25. The number of nitrogen functional groups attached to an aromatic ring is 1. The third-order valence-corrected chi connectivity index (χ3v) is 2.27. The molecule has 0 radical (unpaired) electrons. The molecule has 1 aromatic rings. The van der Waals surface area contributed by atoms with Gasteiger partial charge in [0.05, 0.1) is 19.8 Å². The second kappa shape index (κ2) is 5.58. The lowest BCUT2D eigenvalue weighted by molar-refractivity contribution is -0.106. The Morgan fingerprint density at radius 2 is 1.62 bits per heavy atom. The van der Waals surface area contributed by atoms with Crippen molar-refractivity contribution in [1.29, 1.82) is 0 Å². The fraction of sp³-hybridized carbons (Fsp3) is 0.455. The van der Waals surface area contributed by atoms with Crippen molar-refractivity contribution in [2.75, 3.05) is 34.2 Å². The Labute approximate surface area is 95.1 Å². The van der Waals surface area contributed by atoms with Crippen LogP contribution < -0.4 is 15.2 Å². The van der Waals surface area contributed by atoms with Gasteiger partial charge in [-0.05, 0) is 0 Å². The number of hydrogen-bond donors (Lipinski definition) is 1. The molecule has 0 amide bonds. The van der Waals surface area contributed by atoms with Gasteiger partial charge in [0.25, 0.3) is 0 Å². The van der Waals surface area contributed by atoms with Crippen molar-refractivity contribution in [1.82, 2.24) is 0 Å². The number of benzene rings is 1. The van der Waals surface area contributed by atoms with Gasteiger partial charge in [0.1, 0.15) is 11.5 Å². The van der Waals surface area contributed by atoms with E-state index in [0.717, 1.165) is 0 Å². The van der Waals surface area contributed by atoms with Crippen LogP contribution >= 0.6 is 0 Å². The summed E-state index contributed by atoms with van der Waals surface area (Å²) in [7, 11) is 6.20. The van der Waals surface area contributed by atoms with Gasteiger partial charge in [0.2, 0.25) is 0 Å². The predicted molar refractivity (Wildman–Crippen MR) is 60.7 cm³/mol. The summed E-state index contributed by atoms with van der Waals surface area (Å²) in [6, 6.07) is 3.43. The minimum absolute atomic E-state index is 0.505. The standard InChI is InChI=1S/C11H17NO4/c1-13-7-5-8(12)10(9(6-7)14-2)11(15-3)16-4/h5-6,11H,12H2,1-4H3. The summed E-state index contributed by atoms with van der Waals surface area (Å²) in [5.74, 6) is 1.20. The van der Waals surface area contributed by atoms with Crippen molar-refractivity contribution in [3.8, 4) is 11.5 Å². The average Bonchev–Trinajstić information content (AvgIpc) is 2.31. The topological polar surface area (TPSA) is 62.9 Å². The maximum Gasteiger partial charge on any atom is 0.188 e. The molecule has 0 bridgehead atoms. The second-order valence-electron chi connectivity index (χ2n) is 3.14. The zero-order chi connectivity index (χ0) is 12.1. The Hall–Kier alpha value is -1.46. The van der Waals surface area contributed by atoms with E-state index in [2.05, 4.69) is 0 Å². The maximum atomic E-state index is 5.91. The van der Waals surface area contributed by atoms with Crippen molar-refractivity contribution in [3.63, 3.8) is 0 Å². The number of methoxy groups -OCH3 is 4. The normalized spacial score (nSPS) is 10.6. The van der Waals surface area contributed by atoms with Crippen LogP contribution in [0.1, 0.15) is 11.9 Å². The first kappa shape index (κ1) is 12.6. The predicted octanol–water partition coefficient (Wildman–Crippen LogP) is 1.58. The minimum Gasteiger partial charge on any atom is -0.497 e. The lowest BCUT2D eigenvalue weighted by Crippen LogP contribution is -2.09. The summed E-state index contributed by atoms with van der Waals surface area (Å²) in [5, 5.41) is 0. The molecule has 0 unspecified atom stereocenters. The zero-order valence-corrected chi connectivity index (χ0v) is 9.94. The van der Waals surface area contributed by atoms with E-state index >= 15 is 0 Å². The van der Waals surface area contributed by atoms with Gasteiger partial charge in [-0.25, -0.2) is 0 Å². The van der Waals surface area contributed by atoms with Crippen molar-refractivity contribution in [3.05, 3.63) is 17.7 Å². The molecular weight excluding hydrogens is 210 g/mol.